The molecule has 1 N–H and O–H groups in total. The molecular weight excluding hydrogens is 286 g/mol. The van der Waals surface area contributed by atoms with E-state index in [1.54, 1.807) is 0 Å². The monoisotopic (exact) mass is 319 g/mol. The second kappa shape index (κ2) is 7.04. The van der Waals surface area contributed by atoms with E-state index in [-0.39, 0.29) is 16.6 Å². The maximum Gasteiger partial charge on any atom is 0.176 e. The number of hydrogen-bond donors (Lipinski definition) is 1. The molecule has 1 aromatic carbocycles. The summed E-state index contributed by atoms with van der Waals surface area (Å²) >= 11 is 0. The Balaban J connectivity index is 3.42. The van der Waals surface area contributed by atoms with Gasteiger partial charge in [0.25, 0.3) is 0 Å². The molecule has 0 fully saturated rings. The van der Waals surface area contributed by atoms with Crippen molar-refractivity contribution < 1.29 is 9.90 Å². The van der Waals surface area contributed by atoms with Gasteiger partial charge in [0.05, 0.1) is 6.54 Å². The Hall–Kier alpha value is -1.35. The number of phenols is 1. The molecule has 3 heteroatoms. The summed E-state index contributed by atoms with van der Waals surface area (Å²) in [6.45, 7) is 18.6. The number of carbonyl (C=O) groups is 1. The molecule has 0 heterocycles. The second-order valence-corrected chi connectivity index (χ2v) is 8.30. The fourth-order valence-electron chi connectivity index (χ4n) is 2.68. The summed E-state index contributed by atoms with van der Waals surface area (Å²) in [7, 11) is 0. The minimum absolute atomic E-state index is 0.115. The average Bonchev–Trinajstić information content (AvgIpc) is 2.42. The average molecular weight is 319 g/mol. The van der Waals surface area contributed by atoms with E-state index in [4.69, 9.17) is 0 Å². The van der Waals surface area contributed by atoms with Crippen LogP contribution >= 0.6 is 0 Å². The molecule has 0 radical (unpaired) electrons. The molecule has 0 aliphatic carbocycles. The van der Waals surface area contributed by atoms with Gasteiger partial charge >= 0.3 is 0 Å². The summed E-state index contributed by atoms with van der Waals surface area (Å²) in [4.78, 5) is 14.8. The van der Waals surface area contributed by atoms with Gasteiger partial charge in [-0.25, -0.2) is 0 Å². The van der Waals surface area contributed by atoms with Crippen LogP contribution in [0.2, 0.25) is 0 Å². The van der Waals surface area contributed by atoms with Crippen molar-refractivity contribution >= 4 is 5.78 Å². The van der Waals surface area contributed by atoms with E-state index in [2.05, 4.69) is 60.3 Å². The highest BCUT2D eigenvalue weighted by Gasteiger charge is 2.27. The Kier molecular flexibility index (Phi) is 6.03. The first-order chi connectivity index (χ1) is 10.4. The molecule has 0 atom stereocenters. The lowest BCUT2D eigenvalue weighted by Crippen LogP contribution is -2.30. The van der Waals surface area contributed by atoms with Gasteiger partial charge in [-0.2, -0.15) is 0 Å². The summed E-state index contributed by atoms with van der Waals surface area (Å²) in [5.74, 6) is 0.439. The predicted octanol–water partition coefficient (Wildman–Crippen LogP) is 4.51. The first-order valence-electron chi connectivity index (χ1n) is 8.55. The smallest absolute Gasteiger partial charge is 0.176 e. The molecule has 1 rings (SSSR count). The van der Waals surface area contributed by atoms with Gasteiger partial charge in [0.15, 0.2) is 5.78 Å². The number of carbonyl (C=O) groups excluding carboxylic acids is 1. The fraction of sp³-hybridized carbons (Fsp3) is 0.650. The molecule has 0 aliphatic rings. The zero-order chi connectivity index (χ0) is 18.0. The van der Waals surface area contributed by atoms with Crippen molar-refractivity contribution in [1.82, 2.24) is 4.90 Å². The van der Waals surface area contributed by atoms with Gasteiger partial charge in [-0.3, -0.25) is 9.69 Å². The van der Waals surface area contributed by atoms with Gasteiger partial charge in [0.2, 0.25) is 0 Å². The number of aromatic hydroxyl groups is 1. The summed E-state index contributed by atoms with van der Waals surface area (Å²) < 4.78 is 0. The first-order valence-corrected chi connectivity index (χ1v) is 8.55. The van der Waals surface area contributed by atoms with E-state index in [1.165, 1.54) is 0 Å². The summed E-state index contributed by atoms with van der Waals surface area (Å²) in [6.07, 6.45) is 0. The number of hydrogen-bond acceptors (Lipinski definition) is 3. The van der Waals surface area contributed by atoms with Crippen LogP contribution in [-0.4, -0.2) is 35.4 Å². The number of likely N-dealkylation sites (N-methyl/N-ethyl adjacent to an activating group) is 1. The quantitative estimate of drug-likeness (QED) is 0.812. The molecule has 0 aromatic heterocycles. The van der Waals surface area contributed by atoms with Crippen molar-refractivity contribution in [2.45, 2.75) is 66.2 Å². The molecule has 0 saturated heterocycles. The van der Waals surface area contributed by atoms with Crippen molar-refractivity contribution in [3.05, 3.63) is 28.8 Å². The molecule has 0 aliphatic heterocycles. The van der Waals surface area contributed by atoms with Crippen molar-refractivity contribution in [1.29, 1.82) is 0 Å². The normalized spacial score (nSPS) is 12.7. The largest absolute Gasteiger partial charge is 0.507 e. The Labute approximate surface area is 141 Å². The van der Waals surface area contributed by atoms with Crippen molar-refractivity contribution in [3.8, 4) is 5.75 Å². The Morgan fingerprint density at radius 1 is 0.957 bits per heavy atom. The Morgan fingerprint density at radius 2 is 1.35 bits per heavy atom. The molecule has 1 aromatic rings. The van der Waals surface area contributed by atoms with Crippen LogP contribution in [0.15, 0.2) is 12.1 Å². The van der Waals surface area contributed by atoms with E-state index in [1.807, 2.05) is 12.1 Å². The third-order valence-corrected chi connectivity index (χ3v) is 4.31. The lowest BCUT2D eigenvalue weighted by molar-refractivity contribution is 0.0937. The highest BCUT2D eigenvalue weighted by Crippen LogP contribution is 2.39. The van der Waals surface area contributed by atoms with E-state index in [0.29, 0.717) is 17.9 Å². The zero-order valence-corrected chi connectivity index (χ0v) is 16.1. The number of benzene rings is 1. The zero-order valence-electron chi connectivity index (χ0n) is 16.1. The molecule has 0 bridgehead atoms. The Bertz CT molecular complexity index is 523. The van der Waals surface area contributed by atoms with Crippen LogP contribution in [0.4, 0.5) is 0 Å². The molecule has 130 valence electrons. The summed E-state index contributed by atoms with van der Waals surface area (Å²) in [5.41, 5.74) is 1.95. The van der Waals surface area contributed by atoms with E-state index in [9.17, 15) is 9.90 Å². The van der Waals surface area contributed by atoms with E-state index < -0.39 is 0 Å². The second-order valence-electron chi connectivity index (χ2n) is 8.30. The van der Waals surface area contributed by atoms with Crippen LogP contribution in [0, 0.1) is 0 Å². The Morgan fingerprint density at radius 3 is 1.65 bits per heavy atom. The number of phenolic OH excluding ortho intramolecular Hbond substituents is 1. The number of nitrogens with zero attached hydrogens (tertiary/aromatic N) is 1. The molecule has 3 nitrogen and oxygen atoms in total. The molecule has 0 saturated carbocycles. The van der Waals surface area contributed by atoms with Crippen LogP contribution < -0.4 is 0 Å². The first kappa shape index (κ1) is 19.7. The molecule has 0 spiro atoms. The summed E-state index contributed by atoms with van der Waals surface area (Å²) in [5, 5.41) is 10.7. The van der Waals surface area contributed by atoms with Gasteiger partial charge in [0, 0.05) is 16.7 Å². The van der Waals surface area contributed by atoms with Crippen LogP contribution in [0.1, 0.15) is 76.9 Å². The molecular formula is C20H33NO2. The minimum Gasteiger partial charge on any atom is -0.507 e. The maximum atomic E-state index is 12.7. The number of rotatable bonds is 5. The molecule has 23 heavy (non-hydrogen) atoms. The van der Waals surface area contributed by atoms with Crippen molar-refractivity contribution in [2.24, 2.45) is 0 Å². The lowest BCUT2D eigenvalue weighted by atomic mass is 9.78. The summed E-state index contributed by atoms with van der Waals surface area (Å²) in [6, 6.07) is 3.74. The molecule has 0 unspecified atom stereocenters. The SMILES string of the molecule is CCN(CC)CC(=O)c1cc(C(C)(C)C)c(O)c(C(C)(C)C)c1. The van der Waals surface area contributed by atoms with E-state index >= 15 is 0 Å². The predicted molar refractivity (Wildman–Crippen MR) is 97.6 cm³/mol. The standard InChI is InChI=1S/C20H33NO2/c1-9-21(10-2)13-17(22)14-11-15(19(3,4)5)18(23)16(12-14)20(6,7)8/h11-12,23H,9-10,13H2,1-8H3. The minimum atomic E-state index is -0.213. The number of ketones is 1. The van der Waals surface area contributed by atoms with Gasteiger partial charge in [-0.15, -0.1) is 0 Å². The van der Waals surface area contributed by atoms with Gasteiger partial charge in [-0.1, -0.05) is 55.4 Å². The maximum absolute atomic E-state index is 12.7. The van der Waals surface area contributed by atoms with Crippen LogP contribution in [-0.2, 0) is 10.8 Å². The molecule has 0 amide bonds. The van der Waals surface area contributed by atoms with E-state index in [0.717, 1.165) is 24.2 Å². The van der Waals surface area contributed by atoms with Crippen LogP contribution in [0.25, 0.3) is 0 Å². The third-order valence-electron chi connectivity index (χ3n) is 4.31. The van der Waals surface area contributed by atoms with Crippen molar-refractivity contribution in [3.63, 3.8) is 0 Å². The third kappa shape index (κ3) is 4.81. The van der Waals surface area contributed by atoms with Crippen LogP contribution in [0.3, 0.4) is 0 Å². The van der Waals surface area contributed by atoms with Gasteiger partial charge < -0.3 is 5.11 Å². The van der Waals surface area contributed by atoms with Gasteiger partial charge in [0.1, 0.15) is 5.75 Å². The highest BCUT2D eigenvalue weighted by molar-refractivity contribution is 5.98. The number of Topliss-reactive ketones (excluding diaryl/α,β-unsaturated/α-hetero) is 1. The topological polar surface area (TPSA) is 40.5 Å². The highest BCUT2D eigenvalue weighted by atomic mass is 16.3. The fourth-order valence-corrected chi connectivity index (χ4v) is 2.68. The van der Waals surface area contributed by atoms with Crippen molar-refractivity contribution in [2.75, 3.05) is 19.6 Å². The van der Waals surface area contributed by atoms with Crippen LogP contribution in [0.5, 0.6) is 5.75 Å². The lowest BCUT2D eigenvalue weighted by Gasteiger charge is -2.28. The van der Waals surface area contributed by atoms with Gasteiger partial charge in [-0.05, 0) is 36.1 Å².